The SMILES string of the molecule is CCOc1cc(C(C)n2nc(-c3cnn(C)c3)c3c(N)ncnc32)c(Cl)c(C)c1-c1ccc(C(=O)N(C)C)nc1. The number of nitrogens with zero attached hydrogens (tertiary/aromatic N) is 8. The van der Waals surface area contributed by atoms with Crippen LogP contribution in [0.5, 0.6) is 5.75 Å². The number of nitrogens with two attached hydrogens (primary N) is 1. The topological polar surface area (TPSA) is 130 Å². The van der Waals surface area contributed by atoms with Crippen LogP contribution < -0.4 is 10.5 Å². The van der Waals surface area contributed by atoms with Crippen LogP contribution in [-0.2, 0) is 7.05 Å². The molecular formula is C28H30ClN9O2. The predicted molar refractivity (Wildman–Crippen MR) is 154 cm³/mol. The molecule has 0 saturated heterocycles. The predicted octanol–water partition coefficient (Wildman–Crippen LogP) is 4.54. The molecule has 5 rings (SSSR count). The van der Waals surface area contributed by atoms with Gasteiger partial charge in [-0.15, -0.1) is 0 Å². The third kappa shape index (κ3) is 4.62. The lowest BCUT2D eigenvalue weighted by Crippen LogP contribution is -2.22. The lowest BCUT2D eigenvalue weighted by Gasteiger charge is -2.21. The number of benzene rings is 1. The number of pyridine rings is 1. The molecule has 0 fully saturated rings. The van der Waals surface area contributed by atoms with Gasteiger partial charge in [-0.2, -0.15) is 10.2 Å². The van der Waals surface area contributed by atoms with Crippen LogP contribution in [0.1, 0.15) is 41.5 Å². The number of nitrogen functional groups attached to an aromatic ring is 1. The van der Waals surface area contributed by atoms with E-state index >= 15 is 0 Å². The van der Waals surface area contributed by atoms with Crippen molar-refractivity contribution in [2.45, 2.75) is 26.8 Å². The number of hydrogen-bond acceptors (Lipinski definition) is 8. The van der Waals surface area contributed by atoms with Gasteiger partial charge < -0.3 is 15.4 Å². The van der Waals surface area contributed by atoms with Gasteiger partial charge in [0.25, 0.3) is 5.91 Å². The fraction of sp³-hybridized carbons (Fsp3) is 0.286. The third-order valence-corrected chi connectivity index (χ3v) is 7.28. The quantitative estimate of drug-likeness (QED) is 0.307. The number of amides is 1. The summed E-state index contributed by atoms with van der Waals surface area (Å²) in [5.41, 5.74) is 11.9. The van der Waals surface area contributed by atoms with Crippen LogP contribution in [0, 0.1) is 6.92 Å². The number of hydrogen-bond donors (Lipinski definition) is 1. The highest BCUT2D eigenvalue weighted by atomic mass is 35.5. The highest BCUT2D eigenvalue weighted by molar-refractivity contribution is 6.32. The molecule has 4 heterocycles. The number of anilines is 1. The second-order valence-electron chi connectivity index (χ2n) is 9.67. The summed E-state index contributed by atoms with van der Waals surface area (Å²) < 4.78 is 9.61. The fourth-order valence-corrected chi connectivity index (χ4v) is 5.07. The van der Waals surface area contributed by atoms with Crippen molar-refractivity contribution in [1.82, 2.24) is 39.4 Å². The number of halogens is 1. The Morgan fingerprint density at radius 1 is 1.18 bits per heavy atom. The maximum atomic E-state index is 12.3. The molecule has 12 heteroatoms. The smallest absolute Gasteiger partial charge is 0.271 e. The fourth-order valence-electron chi connectivity index (χ4n) is 4.76. The second-order valence-corrected chi connectivity index (χ2v) is 10.0. The first-order valence-electron chi connectivity index (χ1n) is 12.7. The van der Waals surface area contributed by atoms with E-state index in [-0.39, 0.29) is 11.9 Å². The summed E-state index contributed by atoms with van der Waals surface area (Å²) >= 11 is 7.05. The van der Waals surface area contributed by atoms with E-state index in [0.717, 1.165) is 27.8 Å². The first-order chi connectivity index (χ1) is 19.1. The van der Waals surface area contributed by atoms with Crippen molar-refractivity contribution < 1.29 is 9.53 Å². The van der Waals surface area contributed by atoms with Gasteiger partial charge in [0.2, 0.25) is 0 Å². The van der Waals surface area contributed by atoms with Gasteiger partial charge in [0, 0.05) is 55.2 Å². The van der Waals surface area contributed by atoms with Gasteiger partial charge in [-0.25, -0.2) is 14.6 Å². The van der Waals surface area contributed by atoms with Crippen molar-refractivity contribution in [2.75, 3.05) is 26.4 Å². The second kappa shape index (κ2) is 10.6. The van der Waals surface area contributed by atoms with Crippen molar-refractivity contribution in [3.05, 3.63) is 65.0 Å². The molecule has 1 amide bonds. The Balaban J connectivity index is 1.64. The number of ether oxygens (including phenoxy) is 1. The first kappa shape index (κ1) is 27.1. The van der Waals surface area contributed by atoms with Crippen LogP contribution in [0.4, 0.5) is 5.82 Å². The Labute approximate surface area is 236 Å². The zero-order valence-electron chi connectivity index (χ0n) is 23.2. The van der Waals surface area contributed by atoms with Gasteiger partial charge in [0.1, 0.15) is 29.3 Å². The molecule has 0 spiro atoms. The summed E-state index contributed by atoms with van der Waals surface area (Å²) in [7, 11) is 5.23. The van der Waals surface area contributed by atoms with E-state index in [0.29, 0.717) is 45.6 Å². The minimum atomic E-state index is -0.333. The van der Waals surface area contributed by atoms with Crippen molar-refractivity contribution in [3.8, 4) is 28.1 Å². The van der Waals surface area contributed by atoms with E-state index in [2.05, 4.69) is 20.1 Å². The number of carbonyl (C=O) groups is 1. The van der Waals surface area contributed by atoms with Crippen molar-refractivity contribution in [1.29, 1.82) is 0 Å². The molecule has 0 aliphatic heterocycles. The molecule has 5 aromatic rings. The molecule has 4 aromatic heterocycles. The minimum Gasteiger partial charge on any atom is -0.493 e. The van der Waals surface area contributed by atoms with Gasteiger partial charge >= 0.3 is 0 Å². The van der Waals surface area contributed by atoms with Crippen molar-refractivity contribution in [2.24, 2.45) is 7.05 Å². The number of aromatic nitrogens is 7. The van der Waals surface area contributed by atoms with Crippen LogP contribution in [0.15, 0.2) is 43.1 Å². The molecule has 40 heavy (non-hydrogen) atoms. The summed E-state index contributed by atoms with van der Waals surface area (Å²) in [5, 5.41) is 10.4. The van der Waals surface area contributed by atoms with Gasteiger partial charge in [-0.3, -0.25) is 14.5 Å². The highest BCUT2D eigenvalue weighted by Gasteiger charge is 2.26. The van der Waals surface area contributed by atoms with Gasteiger partial charge in [0.05, 0.1) is 24.2 Å². The van der Waals surface area contributed by atoms with Crippen molar-refractivity contribution >= 4 is 34.4 Å². The Morgan fingerprint density at radius 3 is 2.58 bits per heavy atom. The maximum Gasteiger partial charge on any atom is 0.271 e. The molecule has 0 aliphatic rings. The summed E-state index contributed by atoms with van der Waals surface area (Å²) in [6.45, 7) is 6.32. The lowest BCUT2D eigenvalue weighted by molar-refractivity contribution is 0.0822. The van der Waals surface area contributed by atoms with Crippen LogP contribution in [-0.4, -0.2) is 66.0 Å². The molecule has 1 unspecified atom stereocenters. The summed E-state index contributed by atoms with van der Waals surface area (Å²) in [6.07, 6.45) is 6.69. The van der Waals surface area contributed by atoms with E-state index in [1.54, 1.807) is 41.9 Å². The first-order valence-corrected chi connectivity index (χ1v) is 13.1. The van der Waals surface area contributed by atoms with Crippen LogP contribution in [0.25, 0.3) is 33.4 Å². The number of rotatable bonds is 7. The molecule has 0 bridgehead atoms. The monoisotopic (exact) mass is 559 g/mol. The molecule has 0 saturated carbocycles. The standard InChI is InChI=1S/C28H30ClN9O2/c1-7-40-21-10-19(24(29)15(2)22(21)17-8-9-20(31-11-17)28(39)36(4)5)16(3)38-27-23(26(30)32-14-33-27)25(35-38)18-12-34-37(6)13-18/h8-14,16H,7H2,1-6H3,(H2,30,32,33). The molecule has 2 N–H and O–H groups in total. The van der Waals surface area contributed by atoms with Crippen LogP contribution in [0.3, 0.4) is 0 Å². The van der Waals surface area contributed by atoms with Gasteiger partial charge in [0.15, 0.2) is 5.65 Å². The van der Waals surface area contributed by atoms with E-state index in [4.69, 9.17) is 27.2 Å². The van der Waals surface area contributed by atoms with E-state index in [1.807, 2.05) is 46.1 Å². The Kier molecular flexibility index (Phi) is 7.16. The van der Waals surface area contributed by atoms with Gasteiger partial charge in [-0.1, -0.05) is 17.7 Å². The molecule has 1 aromatic carbocycles. The Bertz CT molecular complexity index is 1720. The van der Waals surface area contributed by atoms with E-state index in [9.17, 15) is 4.79 Å². The Hall–Kier alpha value is -4.51. The van der Waals surface area contributed by atoms with Gasteiger partial charge in [-0.05, 0) is 44.0 Å². The average Bonchev–Trinajstić information content (AvgIpc) is 3.54. The summed E-state index contributed by atoms with van der Waals surface area (Å²) in [6, 6.07) is 5.16. The highest BCUT2D eigenvalue weighted by Crippen LogP contribution is 2.43. The third-order valence-electron chi connectivity index (χ3n) is 6.78. The molecule has 0 radical (unpaired) electrons. The van der Waals surface area contributed by atoms with E-state index in [1.165, 1.54) is 11.2 Å². The van der Waals surface area contributed by atoms with Crippen LogP contribution >= 0.6 is 11.6 Å². The summed E-state index contributed by atoms with van der Waals surface area (Å²) in [4.78, 5) is 26.9. The minimum absolute atomic E-state index is 0.169. The number of fused-ring (bicyclic) bond motifs is 1. The lowest BCUT2D eigenvalue weighted by atomic mass is 9.95. The molecule has 0 aliphatic carbocycles. The molecule has 206 valence electrons. The zero-order chi connectivity index (χ0) is 28.7. The normalized spacial score (nSPS) is 12.1. The van der Waals surface area contributed by atoms with Crippen LogP contribution in [0.2, 0.25) is 5.02 Å². The number of carbonyl (C=O) groups excluding carboxylic acids is 1. The zero-order valence-corrected chi connectivity index (χ0v) is 23.9. The molecule has 11 nitrogen and oxygen atoms in total. The van der Waals surface area contributed by atoms with Crippen molar-refractivity contribution in [3.63, 3.8) is 0 Å². The average molecular weight is 560 g/mol. The van der Waals surface area contributed by atoms with E-state index < -0.39 is 0 Å². The molecular weight excluding hydrogens is 530 g/mol. The molecule has 1 atom stereocenters. The largest absolute Gasteiger partial charge is 0.493 e. The Morgan fingerprint density at radius 2 is 1.95 bits per heavy atom. The number of aryl methyl sites for hydroxylation is 1. The summed E-state index contributed by atoms with van der Waals surface area (Å²) in [5.74, 6) is 0.813. The maximum absolute atomic E-state index is 12.3.